The third-order valence-electron chi connectivity index (χ3n) is 3.42. The van der Waals surface area contributed by atoms with Gasteiger partial charge in [-0.15, -0.1) is 5.10 Å². The summed E-state index contributed by atoms with van der Waals surface area (Å²) in [5, 5.41) is 17.4. The van der Waals surface area contributed by atoms with Crippen molar-refractivity contribution in [2.75, 3.05) is 23.1 Å². The van der Waals surface area contributed by atoms with Crippen LogP contribution in [0.1, 0.15) is 6.92 Å². The van der Waals surface area contributed by atoms with Crippen molar-refractivity contribution in [2.45, 2.75) is 6.92 Å². The molecular formula is C18H17ClN6O2. The second-order valence-corrected chi connectivity index (χ2v) is 5.96. The molecule has 1 aromatic heterocycles. The van der Waals surface area contributed by atoms with Gasteiger partial charge in [0.2, 0.25) is 11.9 Å². The quantitative estimate of drug-likeness (QED) is 0.590. The zero-order valence-electron chi connectivity index (χ0n) is 14.7. The molecule has 27 heavy (non-hydrogen) atoms. The van der Waals surface area contributed by atoms with Crippen LogP contribution in [0, 0.1) is 0 Å². The van der Waals surface area contributed by atoms with Crippen molar-refractivity contribution in [3.05, 3.63) is 53.7 Å². The molecule has 3 rings (SSSR count). The molecule has 8 nitrogen and oxygen atoms in total. The standard InChI is InChI=1S/C18H17ClN6O2/c1-11(26)21-13-4-3-5-14(9-13)22-18-24-17(10-20-25-18)23-15-8-12(19)6-7-16(15)27-2/h3-10H,1-2H3,(H,21,26)(H2,22,23,24,25). The number of nitrogens with one attached hydrogen (secondary N) is 3. The van der Waals surface area contributed by atoms with Gasteiger partial charge in [-0.25, -0.2) is 0 Å². The Kier molecular flexibility index (Phi) is 5.68. The summed E-state index contributed by atoms with van der Waals surface area (Å²) in [7, 11) is 1.57. The van der Waals surface area contributed by atoms with Crippen molar-refractivity contribution in [3.63, 3.8) is 0 Å². The number of hydrogen-bond acceptors (Lipinski definition) is 7. The van der Waals surface area contributed by atoms with Gasteiger partial charge in [-0.1, -0.05) is 17.7 Å². The van der Waals surface area contributed by atoms with Gasteiger partial charge < -0.3 is 20.7 Å². The van der Waals surface area contributed by atoms with Crippen LogP contribution in [0.5, 0.6) is 5.75 Å². The van der Waals surface area contributed by atoms with E-state index in [1.165, 1.54) is 13.1 Å². The summed E-state index contributed by atoms with van der Waals surface area (Å²) in [6.45, 7) is 1.45. The van der Waals surface area contributed by atoms with Crippen LogP contribution in [-0.2, 0) is 4.79 Å². The fourth-order valence-corrected chi connectivity index (χ4v) is 2.51. The number of aromatic nitrogens is 3. The van der Waals surface area contributed by atoms with E-state index in [1.807, 2.05) is 6.07 Å². The molecule has 0 saturated carbocycles. The van der Waals surface area contributed by atoms with E-state index in [-0.39, 0.29) is 5.91 Å². The molecule has 0 radical (unpaired) electrons. The molecule has 0 atom stereocenters. The van der Waals surface area contributed by atoms with E-state index in [1.54, 1.807) is 43.5 Å². The van der Waals surface area contributed by atoms with Crippen molar-refractivity contribution in [1.82, 2.24) is 15.2 Å². The first kappa shape index (κ1) is 18.4. The first-order chi connectivity index (χ1) is 13.0. The van der Waals surface area contributed by atoms with Gasteiger partial charge in [0.25, 0.3) is 0 Å². The molecule has 0 spiro atoms. The molecule has 9 heteroatoms. The molecule has 0 bridgehead atoms. The lowest BCUT2D eigenvalue weighted by Gasteiger charge is -2.11. The highest BCUT2D eigenvalue weighted by atomic mass is 35.5. The number of nitrogens with zero attached hydrogens (tertiary/aromatic N) is 3. The van der Waals surface area contributed by atoms with Gasteiger partial charge in [0.05, 0.1) is 19.0 Å². The van der Waals surface area contributed by atoms with E-state index in [2.05, 4.69) is 31.1 Å². The molecule has 2 aromatic carbocycles. The minimum absolute atomic E-state index is 0.147. The number of hydrogen-bond donors (Lipinski definition) is 3. The van der Waals surface area contributed by atoms with E-state index in [0.717, 1.165) is 0 Å². The van der Waals surface area contributed by atoms with E-state index in [9.17, 15) is 4.79 Å². The molecule has 0 saturated heterocycles. The van der Waals surface area contributed by atoms with Gasteiger partial charge >= 0.3 is 0 Å². The lowest BCUT2D eigenvalue weighted by atomic mass is 10.3. The smallest absolute Gasteiger partial charge is 0.249 e. The summed E-state index contributed by atoms with van der Waals surface area (Å²) in [6, 6.07) is 12.4. The van der Waals surface area contributed by atoms with Crippen LogP contribution in [0.25, 0.3) is 0 Å². The van der Waals surface area contributed by atoms with E-state index >= 15 is 0 Å². The zero-order chi connectivity index (χ0) is 19.2. The Balaban J connectivity index is 1.78. The maximum absolute atomic E-state index is 11.2. The van der Waals surface area contributed by atoms with Crippen LogP contribution < -0.4 is 20.7 Å². The van der Waals surface area contributed by atoms with E-state index in [0.29, 0.717) is 39.6 Å². The number of anilines is 5. The molecule has 0 aliphatic carbocycles. The van der Waals surface area contributed by atoms with Crippen molar-refractivity contribution in [2.24, 2.45) is 0 Å². The highest BCUT2D eigenvalue weighted by molar-refractivity contribution is 6.31. The van der Waals surface area contributed by atoms with E-state index < -0.39 is 0 Å². The van der Waals surface area contributed by atoms with Crippen LogP contribution in [0.2, 0.25) is 5.02 Å². The lowest BCUT2D eigenvalue weighted by molar-refractivity contribution is -0.114. The molecule has 0 fully saturated rings. The molecule has 1 heterocycles. The SMILES string of the molecule is COc1ccc(Cl)cc1Nc1cnnc(Nc2cccc(NC(C)=O)c2)n1. The maximum Gasteiger partial charge on any atom is 0.249 e. The molecule has 1 amide bonds. The minimum atomic E-state index is -0.147. The monoisotopic (exact) mass is 384 g/mol. The summed E-state index contributed by atoms with van der Waals surface area (Å²) in [5.41, 5.74) is 2.03. The zero-order valence-corrected chi connectivity index (χ0v) is 15.4. The Morgan fingerprint density at radius 2 is 1.93 bits per heavy atom. The van der Waals surface area contributed by atoms with Crippen LogP contribution in [0.15, 0.2) is 48.7 Å². The second-order valence-electron chi connectivity index (χ2n) is 5.52. The van der Waals surface area contributed by atoms with Crippen LogP contribution in [0.3, 0.4) is 0 Å². The van der Waals surface area contributed by atoms with Gasteiger partial charge in [-0.2, -0.15) is 10.1 Å². The average molecular weight is 385 g/mol. The predicted octanol–water partition coefficient (Wildman–Crippen LogP) is 3.98. The molecule has 138 valence electrons. The van der Waals surface area contributed by atoms with Crippen molar-refractivity contribution < 1.29 is 9.53 Å². The highest BCUT2D eigenvalue weighted by Crippen LogP contribution is 2.30. The second kappa shape index (κ2) is 8.33. The fraction of sp³-hybridized carbons (Fsp3) is 0.111. The Hall–Kier alpha value is -3.39. The van der Waals surface area contributed by atoms with Crippen LogP contribution in [0.4, 0.5) is 28.8 Å². The highest BCUT2D eigenvalue weighted by Gasteiger charge is 2.07. The van der Waals surface area contributed by atoms with E-state index in [4.69, 9.17) is 16.3 Å². The molecule has 0 aliphatic heterocycles. The summed E-state index contributed by atoms with van der Waals surface area (Å²) in [5.74, 6) is 1.23. The Bertz CT molecular complexity index is 966. The number of methoxy groups -OCH3 is 1. The number of ether oxygens (including phenoxy) is 1. The Labute approximate surface area is 160 Å². The molecular weight excluding hydrogens is 368 g/mol. The number of carbonyl (C=O) groups is 1. The van der Waals surface area contributed by atoms with Crippen LogP contribution in [-0.4, -0.2) is 28.2 Å². The fourth-order valence-electron chi connectivity index (χ4n) is 2.34. The van der Waals surface area contributed by atoms with Gasteiger partial charge in [-0.3, -0.25) is 4.79 Å². The number of benzene rings is 2. The molecule has 3 aromatic rings. The molecule has 3 N–H and O–H groups in total. The average Bonchev–Trinajstić information content (AvgIpc) is 2.62. The minimum Gasteiger partial charge on any atom is -0.495 e. The number of amides is 1. The summed E-state index contributed by atoms with van der Waals surface area (Å²) in [6.07, 6.45) is 1.49. The summed E-state index contributed by atoms with van der Waals surface area (Å²) in [4.78, 5) is 15.6. The number of rotatable bonds is 6. The summed E-state index contributed by atoms with van der Waals surface area (Å²) < 4.78 is 5.31. The van der Waals surface area contributed by atoms with Crippen molar-refractivity contribution in [3.8, 4) is 5.75 Å². The van der Waals surface area contributed by atoms with Gasteiger partial charge in [0, 0.05) is 23.3 Å². The third kappa shape index (κ3) is 5.05. The number of carbonyl (C=O) groups excluding carboxylic acids is 1. The first-order valence-corrected chi connectivity index (χ1v) is 8.36. The predicted molar refractivity (Wildman–Crippen MR) is 105 cm³/mol. The Morgan fingerprint density at radius 3 is 2.70 bits per heavy atom. The van der Waals surface area contributed by atoms with Gasteiger partial charge in [-0.05, 0) is 36.4 Å². The summed E-state index contributed by atoms with van der Waals surface area (Å²) >= 11 is 6.04. The van der Waals surface area contributed by atoms with Gasteiger partial charge in [0.1, 0.15) is 5.75 Å². The maximum atomic E-state index is 11.2. The Morgan fingerprint density at radius 1 is 1.11 bits per heavy atom. The largest absolute Gasteiger partial charge is 0.495 e. The normalized spacial score (nSPS) is 10.2. The lowest BCUT2D eigenvalue weighted by Crippen LogP contribution is -2.06. The molecule has 0 aliphatic rings. The third-order valence-corrected chi connectivity index (χ3v) is 3.66. The van der Waals surface area contributed by atoms with Crippen molar-refractivity contribution >= 4 is 46.3 Å². The van der Waals surface area contributed by atoms with Crippen molar-refractivity contribution in [1.29, 1.82) is 0 Å². The molecule has 0 unspecified atom stereocenters. The van der Waals surface area contributed by atoms with Gasteiger partial charge in [0.15, 0.2) is 5.82 Å². The first-order valence-electron chi connectivity index (χ1n) is 7.98. The topological polar surface area (TPSA) is 101 Å². The van der Waals surface area contributed by atoms with Crippen LogP contribution >= 0.6 is 11.6 Å². The number of halogens is 1.